The van der Waals surface area contributed by atoms with E-state index in [1.54, 1.807) is 41.6 Å². The van der Waals surface area contributed by atoms with Gasteiger partial charge in [-0.15, -0.1) is 0 Å². The number of nitrogens with zero attached hydrogens (tertiary/aromatic N) is 5. The number of nitriles is 1. The Balaban J connectivity index is 1.59. The third kappa shape index (κ3) is 5.32. The van der Waals surface area contributed by atoms with E-state index in [1.807, 2.05) is 6.07 Å². The number of carbonyl (C=O) groups is 1. The minimum atomic E-state index is -3.10. The van der Waals surface area contributed by atoms with Crippen molar-refractivity contribution in [1.82, 2.24) is 15.0 Å². The maximum Gasteiger partial charge on any atom is 0.231 e. The van der Waals surface area contributed by atoms with E-state index in [4.69, 9.17) is 11.6 Å². The minimum Gasteiger partial charge on any atom is -0.353 e. The Labute approximate surface area is 202 Å². The van der Waals surface area contributed by atoms with Crippen molar-refractivity contribution in [2.45, 2.75) is 12.8 Å². The number of rotatable bonds is 7. The Bertz CT molecular complexity index is 1400. The lowest BCUT2D eigenvalue weighted by Gasteiger charge is -2.19. The van der Waals surface area contributed by atoms with Crippen molar-refractivity contribution < 1.29 is 13.2 Å². The lowest BCUT2D eigenvalue weighted by molar-refractivity contribution is -0.117. The maximum absolute atomic E-state index is 13.0. The van der Waals surface area contributed by atoms with E-state index in [1.165, 1.54) is 6.26 Å². The summed E-state index contributed by atoms with van der Waals surface area (Å²) in [5.41, 5.74) is 3.80. The number of benzene rings is 1. The minimum absolute atomic E-state index is 0.0356. The van der Waals surface area contributed by atoms with Gasteiger partial charge in [-0.25, -0.2) is 23.4 Å². The van der Waals surface area contributed by atoms with E-state index in [9.17, 15) is 18.5 Å². The topological polar surface area (TPSA) is 129 Å². The molecule has 3 heterocycles. The van der Waals surface area contributed by atoms with E-state index in [0.717, 1.165) is 5.56 Å². The fourth-order valence-corrected chi connectivity index (χ4v) is 4.45. The molecule has 0 spiro atoms. The van der Waals surface area contributed by atoms with Crippen LogP contribution in [0, 0.1) is 11.3 Å². The smallest absolute Gasteiger partial charge is 0.231 e. The van der Waals surface area contributed by atoms with Gasteiger partial charge in [-0.1, -0.05) is 17.7 Å². The van der Waals surface area contributed by atoms with Crippen LogP contribution in [0.3, 0.4) is 0 Å². The SMILES string of the molecule is CS(=O)(=O)CCNc1nccc(-c2cc(C#N)c3c(c2)CCN3C(=O)Cc2cccnc2Cl)n1. The normalized spacial score (nSPS) is 12.8. The summed E-state index contributed by atoms with van der Waals surface area (Å²) in [6, 6.07) is 11.0. The lowest BCUT2D eigenvalue weighted by Crippen LogP contribution is -2.31. The van der Waals surface area contributed by atoms with Crippen molar-refractivity contribution in [2.75, 3.05) is 35.3 Å². The number of amides is 1. The van der Waals surface area contributed by atoms with Gasteiger partial charge in [-0.2, -0.15) is 5.26 Å². The zero-order chi connectivity index (χ0) is 24.3. The van der Waals surface area contributed by atoms with Crippen LogP contribution in [-0.2, 0) is 27.5 Å². The molecule has 0 fully saturated rings. The number of hydrogen-bond acceptors (Lipinski definition) is 8. The second kappa shape index (κ2) is 9.75. The Morgan fingerprint density at radius 3 is 2.82 bits per heavy atom. The first-order valence-electron chi connectivity index (χ1n) is 10.5. The predicted octanol–water partition coefficient (Wildman–Crippen LogP) is 2.65. The van der Waals surface area contributed by atoms with Crippen LogP contribution in [0.25, 0.3) is 11.3 Å². The molecule has 0 unspecified atom stereocenters. The van der Waals surface area contributed by atoms with Crippen molar-refractivity contribution in [3.05, 3.63) is 64.6 Å². The Kier molecular flexibility index (Phi) is 6.77. The van der Waals surface area contributed by atoms with Gasteiger partial charge in [0.15, 0.2) is 0 Å². The number of fused-ring (bicyclic) bond motifs is 1. The van der Waals surface area contributed by atoms with Crippen molar-refractivity contribution in [2.24, 2.45) is 0 Å². The Morgan fingerprint density at radius 2 is 2.09 bits per heavy atom. The molecule has 1 amide bonds. The molecule has 34 heavy (non-hydrogen) atoms. The van der Waals surface area contributed by atoms with Crippen LogP contribution < -0.4 is 10.2 Å². The first-order valence-corrected chi connectivity index (χ1v) is 12.9. The predicted molar refractivity (Wildman–Crippen MR) is 129 cm³/mol. The zero-order valence-corrected chi connectivity index (χ0v) is 19.9. The largest absolute Gasteiger partial charge is 0.353 e. The molecular weight excluding hydrogens is 476 g/mol. The van der Waals surface area contributed by atoms with Crippen LogP contribution in [0.5, 0.6) is 0 Å². The van der Waals surface area contributed by atoms with E-state index < -0.39 is 9.84 Å². The van der Waals surface area contributed by atoms with Crippen LogP contribution in [0.1, 0.15) is 16.7 Å². The summed E-state index contributed by atoms with van der Waals surface area (Å²) in [5, 5.41) is 13.0. The van der Waals surface area contributed by atoms with Gasteiger partial charge in [-0.05, 0) is 41.8 Å². The van der Waals surface area contributed by atoms with Gasteiger partial charge in [0.05, 0.1) is 29.1 Å². The molecule has 11 heteroatoms. The summed E-state index contributed by atoms with van der Waals surface area (Å²) in [5.74, 6) is 0.106. The van der Waals surface area contributed by atoms with E-state index >= 15 is 0 Å². The molecular formula is C23H21ClN6O3S. The molecule has 0 saturated carbocycles. The highest BCUT2D eigenvalue weighted by Crippen LogP contribution is 2.36. The monoisotopic (exact) mass is 496 g/mol. The summed E-state index contributed by atoms with van der Waals surface area (Å²) < 4.78 is 22.7. The second-order valence-corrected chi connectivity index (χ2v) is 10.5. The van der Waals surface area contributed by atoms with Crippen molar-refractivity contribution in [3.8, 4) is 17.3 Å². The summed E-state index contributed by atoms with van der Waals surface area (Å²) in [7, 11) is -3.10. The van der Waals surface area contributed by atoms with Crippen LogP contribution >= 0.6 is 11.6 Å². The molecule has 0 aliphatic carbocycles. The second-order valence-electron chi connectivity index (χ2n) is 7.89. The number of anilines is 2. The third-order valence-electron chi connectivity index (χ3n) is 5.37. The van der Waals surface area contributed by atoms with Gasteiger partial charge in [0.2, 0.25) is 11.9 Å². The molecule has 1 aromatic carbocycles. The summed E-state index contributed by atoms with van der Waals surface area (Å²) >= 11 is 6.11. The fraction of sp³-hybridized carbons (Fsp3) is 0.261. The van der Waals surface area contributed by atoms with Crippen molar-refractivity contribution >= 4 is 39.0 Å². The summed E-state index contributed by atoms with van der Waals surface area (Å²) in [4.78, 5) is 27.3. The number of nitrogens with one attached hydrogen (secondary N) is 1. The average molecular weight is 497 g/mol. The van der Waals surface area contributed by atoms with Crippen LogP contribution in [0.4, 0.5) is 11.6 Å². The highest BCUT2D eigenvalue weighted by atomic mass is 35.5. The first kappa shape index (κ1) is 23.6. The Morgan fingerprint density at radius 1 is 1.26 bits per heavy atom. The fourth-order valence-electron chi connectivity index (χ4n) is 3.79. The van der Waals surface area contributed by atoms with Gasteiger partial charge in [0, 0.05) is 37.3 Å². The molecule has 2 aromatic heterocycles. The molecule has 0 radical (unpaired) electrons. The maximum atomic E-state index is 13.0. The first-order chi connectivity index (χ1) is 16.2. The van der Waals surface area contributed by atoms with Crippen molar-refractivity contribution in [1.29, 1.82) is 5.26 Å². The number of pyridine rings is 1. The number of carbonyl (C=O) groups excluding carboxylic acids is 1. The van der Waals surface area contributed by atoms with Crippen LogP contribution in [-0.4, -0.2) is 54.4 Å². The molecule has 0 saturated heterocycles. The number of hydrogen-bond donors (Lipinski definition) is 1. The molecule has 1 aliphatic heterocycles. The van der Waals surface area contributed by atoms with E-state index in [2.05, 4.69) is 26.3 Å². The van der Waals surface area contributed by atoms with Crippen LogP contribution in [0.15, 0.2) is 42.7 Å². The van der Waals surface area contributed by atoms with Gasteiger partial charge in [-0.3, -0.25) is 4.79 Å². The zero-order valence-electron chi connectivity index (χ0n) is 18.3. The molecule has 174 valence electrons. The molecule has 3 aromatic rings. The van der Waals surface area contributed by atoms with Gasteiger partial charge >= 0.3 is 0 Å². The van der Waals surface area contributed by atoms with Gasteiger partial charge in [0.1, 0.15) is 21.1 Å². The van der Waals surface area contributed by atoms with E-state index in [-0.39, 0.29) is 29.8 Å². The average Bonchev–Trinajstić information content (AvgIpc) is 3.24. The van der Waals surface area contributed by atoms with Gasteiger partial charge in [0.25, 0.3) is 0 Å². The molecule has 4 rings (SSSR count). The highest BCUT2D eigenvalue weighted by Gasteiger charge is 2.29. The number of halogens is 1. The number of aromatic nitrogens is 3. The summed E-state index contributed by atoms with van der Waals surface area (Å²) in [6.07, 6.45) is 5.00. The standard InChI is InChI=1S/C23H21ClN6O3S/c1-34(32,33)10-8-28-23-27-7-4-19(29-23)17-11-15-5-9-30(21(15)18(12-17)14-25)20(31)13-16-3-2-6-26-22(16)24/h2-4,6-7,11-12H,5,8-10,13H2,1H3,(H,27,28,29). The molecule has 0 bridgehead atoms. The Hall–Kier alpha value is -3.55. The molecule has 0 atom stereocenters. The molecule has 1 aliphatic rings. The number of sulfone groups is 1. The highest BCUT2D eigenvalue weighted by molar-refractivity contribution is 7.90. The summed E-state index contributed by atoms with van der Waals surface area (Å²) in [6.45, 7) is 0.653. The van der Waals surface area contributed by atoms with Gasteiger partial charge < -0.3 is 10.2 Å². The van der Waals surface area contributed by atoms with Crippen LogP contribution in [0.2, 0.25) is 5.15 Å². The molecule has 9 nitrogen and oxygen atoms in total. The van der Waals surface area contributed by atoms with E-state index in [0.29, 0.717) is 47.0 Å². The quantitative estimate of drug-likeness (QED) is 0.494. The van der Waals surface area contributed by atoms with Crippen molar-refractivity contribution in [3.63, 3.8) is 0 Å². The molecule has 1 N–H and O–H groups in total. The third-order valence-corrected chi connectivity index (χ3v) is 6.66. The lowest BCUT2D eigenvalue weighted by atomic mass is 10.0.